The fraction of sp³-hybridized carbons (Fsp3) is 0.703. The minimum absolute atomic E-state index is 0.00685. The van der Waals surface area contributed by atoms with E-state index in [0.717, 1.165) is 0 Å². The zero-order valence-corrected chi connectivity index (χ0v) is 33.6. The number of rotatable bonds is 11. The van der Waals surface area contributed by atoms with E-state index in [2.05, 4.69) is 21.3 Å². The monoisotopic (exact) mass is 810 g/mol. The molecule has 20 heteroatoms. The number of benzene rings is 1. The number of nitrogens with zero attached hydrogens (tertiary/aromatic N) is 1. The van der Waals surface area contributed by atoms with E-state index in [4.69, 9.17) is 34.2 Å². The van der Waals surface area contributed by atoms with Crippen LogP contribution in [-0.4, -0.2) is 130 Å². The quantitative estimate of drug-likeness (QED) is 0.0891. The second-order valence-corrected chi connectivity index (χ2v) is 16.7. The molecule has 20 nitrogen and oxygen atoms in total. The summed E-state index contributed by atoms with van der Waals surface area (Å²) in [6.45, 7) is 11.1. The number of nitrogens with one attached hydrogen (secondary N) is 4. The number of carbonyl (C=O) groups excluding carboxylic acids is 3. The Labute approximate surface area is 331 Å². The number of nitrogens with two attached hydrogens (primary N) is 1. The van der Waals surface area contributed by atoms with Crippen LogP contribution in [0.2, 0.25) is 0 Å². The number of carbonyl (C=O) groups is 3. The molecule has 2 heterocycles. The molecule has 3 aliphatic rings. The fourth-order valence-electron chi connectivity index (χ4n) is 7.07. The SMILES string of the molecule is CN[C@@H]1[C@@H](O)[C@@H](O[C@H]2[C@H](N)C[C@H](NC(=O)OC(C)(C)C)C([C@H]3OC(CNC(=O)OCc4ccc([N+](=O)[O-])cc4)=CC[C@H]3NC(=O)OC(C)(C)C)[C@@H]2O)OC[C@]1(C)O. The summed E-state index contributed by atoms with van der Waals surface area (Å²) in [6.07, 6.45) is -7.23. The smallest absolute Gasteiger partial charge is 0.408 e. The van der Waals surface area contributed by atoms with E-state index in [-0.39, 0.29) is 44.0 Å². The molecule has 2 aliphatic heterocycles. The van der Waals surface area contributed by atoms with E-state index < -0.39 is 101 Å². The molecule has 1 saturated carbocycles. The van der Waals surface area contributed by atoms with Gasteiger partial charge >= 0.3 is 18.3 Å². The molecule has 0 aromatic heterocycles. The number of nitro benzene ring substituents is 1. The van der Waals surface area contributed by atoms with Crippen molar-refractivity contribution >= 4 is 24.0 Å². The predicted octanol–water partition coefficient (Wildman–Crippen LogP) is 1.43. The van der Waals surface area contributed by atoms with Crippen molar-refractivity contribution in [2.24, 2.45) is 11.7 Å². The lowest BCUT2D eigenvalue weighted by Gasteiger charge is -2.50. The van der Waals surface area contributed by atoms with Gasteiger partial charge in [-0.05, 0) is 92.1 Å². The maximum absolute atomic E-state index is 13.2. The Morgan fingerprint density at radius 3 is 2.14 bits per heavy atom. The highest BCUT2D eigenvalue weighted by molar-refractivity contribution is 5.69. The first kappa shape index (κ1) is 45.4. The summed E-state index contributed by atoms with van der Waals surface area (Å²) in [6, 6.07) is 1.91. The summed E-state index contributed by atoms with van der Waals surface area (Å²) in [5.41, 5.74) is 3.83. The summed E-state index contributed by atoms with van der Waals surface area (Å²) in [5, 5.41) is 56.2. The van der Waals surface area contributed by atoms with E-state index in [1.54, 1.807) is 54.7 Å². The van der Waals surface area contributed by atoms with Gasteiger partial charge in [-0.15, -0.1) is 0 Å². The highest BCUT2D eigenvalue weighted by Crippen LogP contribution is 2.37. The summed E-state index contributed by atoms with van der Waals surface area (Å²) in [5.74, 6) is -0.848. The van der Waals surface area contributed by atoms with E-state index in [1.807, 2.05) is 0 Å². The first-order valence-electron chi connectivity index (χ1n) is 18.7. The number of aliphatic hydroxyl groups is 3. The Morgan fingerprint density at radius 2 is 1.58 bits per heavy atom. The van der Waals surface area contributed by atoms with Crippen molar-refractivity contribution in [2.45, 2.75) is 140 Å². The van der Waals surface area contributed by atoms with Crippen LogP contribution in [0.15, 0.2) is 36.1 Å². The Morgan fingerprint density at radius 1 is 0.982 bits per heavy atom. The van der Waals surface area contributed by atoms with Gasteiger partial charge in [0.25, 0.3) is 5.69 Å². The van der Waals surface area contributed by atoms with Crippen molar-refractivity contribution in [3.63, 3.8) is 0 Å². The third-order valence-corrected chi connectivity index (χ3v) is 9.57. The average molecular weight is 811 g/mol. The molecule has 1 saturated heterocycles. The molecule has 3 amide bonds. The van der Waals surface area contributed by atoms with Gasteiger partial charge in [-0.1, -0.05) is 0 Å². The van der Waals surface area contributed by atoms with Crippen LogP contribution in [0.3, 0.4) is 0 Å². The maximum atomic E-state index is 13.2. The molecular weight excluding hydrogens is 752 g/mol. The van der Waals surface area contributed by atoms with Crippen molar-refractivity contribution < 1.29 is 63.0 Å². The van der Waals surface area contributed by atoms with Crippen LogP contribution in [0.5, 0.6) is 0 Å². The van der Waals surface area contributed by atoms with E-state index in [1.165, 1.54) is 31.2 Å². The molecular formula is C37H58N6O14. The van der Waals surface area contributed by atoms with Gasteiger partial charge in [-0.3, -0.25) is 10.1 Å². The van der Waals surface area contributed by atoms with Gasteiger partial charge in [0, 0.05) is 30.1 Å². The van der Waals surface area contributed by atoms with Gasteiger partial charge in [-0.25, -0.2) is 14.4 Å². The average Bonchev–Trinajstić information content (AvgIpc) is 3.08. The first-order valence-corrected chi connectivity index (χ1v) is 18.7. The summed E-state index contributed by atoms with van der Waals surface area (Å²) in [7, 11) is 1.56. The van der Waals surface area contributed by atoms with Gasteiger partial charge in [-0.2, -0.15) is 0 Å². The molecule has 57 heavy (non-hydrogen) atoms. The summed E-state index contributed by atoms with van der Waals surface area (Å²) in [4.78, 5) is 49.4. The first-order chi connectivity index (χ1) is 26.5. The normalized spacial score (nSPS) is 31.8. The maximum Gasteiger partial charge on any atom is 0.408 e. The lowest BCUT2D eigenvalue weighted by molar-refractivity contribution is -0.384. The second kappa shape index (κ2) is 18.5. The molecule has 4 rings (SSSR count). The molecule has 1 aliphatic carbocycles. The highest BCUT2D eigenvalue weighted by atomic mass is 16.7. The van der Waals surface area contributed by atoms with Crippen LogP contribution in [0.1, 0.15) is 66.9 Å². The van der Waals surface area contributed by atoms with Crippen LogP contribution in [0.4, 0.5) is 20.1 Å². The number of likely N-dealkylation sites (N-methyl/N-ethyl adjacent to an activating group) is 1. The van der Waals surface area contributed by atoms with E-state index in [9.17, 15) is 39.8 Å². The Balaban J connectivity index is 1.60. The third kappa shape index (κ3) is 12.6. The molecule has 0 radical (unpaired) electrons. The third-order valence-electron chi connectivity index (χ3n) is 9.57. The molecule has 9 N–H and O–H groups in total. The Bertz CT molecular complexity index is 1600. The molecule has 1 unspecified atom stereocenters. The van der Waals surface area contributed by atoms with Gasteiger partial charge < -0.3 is 70.7 Å². The van der Waals surface area contributed by atoms with Gasteiger partial charge in [0.05, 0.1) is 36.3 Å². The second-order valence-electron chi connectivity index (χ2n) is 16.7. The van der Waals surface area contributed by atoms with Gasteiger partial charge in [0.1, 0.15) is 47.5 Å². The lowest BCUT2D eigenvalue weighted by Crippen LogP contribution is -2.69. The van der Waals surface area contributed by atoms with Crippen LogP contribution >= 0.6 is 0 Å². The minimum atomic E-state index is -1.54. The van der Waals surface area contributed by atoms with Crippen molar-refractivity contribution in [1.82, 2.24) is 21.3 Å². The standard InChI is InChI=1S/C37H58N6O14/c1-35(2,3)56-33(47)41-23-14-13-21(16-40-32(46)52-17-19-9-11-20(12-10-19)43(50)51)54-29(23)25-24(42-34(48)57-36(4,5)6)15-22(38)28(26(25)44)55-31-27(45)30(39-8)37(7,49)18-53-31/h9-13,22-31,39,44-45,49H,14-18,38H2,1-8H3,(H,40,46)(H,41,47)(H,42,48)/t22-,23-,24+,25?,26+,27-,28+,29+,30-,31-,37+/m1/s1. The zero-order chi connectivity index (χ0) is 42.5. The number of non-ortho nitro benzene ring substituents is 1. The van der Waals surface area contributed by atoms with Crippen LogP contribution in [-0.2, 0) is 35.0 Å². The number of aliphatic hydroxyl groups excluding tert-OH is 2. The van der Waals surface area contributed by atoms with Gasteiger partial charge in [0.2, 0.25) is 0 Å². The van der Waals surface area contributed by atoms with Crippen molar-refractivity contribution in [1.29, 1.82) is 0 Å². The lowest BCUT2D eigenvalue weighted by atomic mass is 9.72. The van der Waals surface area contributed by atoms with E-state index >= 15 is 0 Å². The summed E-state index contributed by atoms with van der Waals surface area (Å²) < 4.78 is 34.7. The van der Waals surface area contributed by atoms with Crippen molar-refractivity contribution in [2.75, 3.05) is 20.2 Å². The number of ether oxygens (including phenoxy) is 6. The molecule has 320 valence electrons. The number of hydrogen-bond acceptors (Lipinski definition) is 16. The number of amides is 3. The Kier molecular flexibility index (Phi) is 14.7. The number of hydrogen-bond donors (Lipinski definition) is 8. The highest BCUT2D eigenvalue weighted by Gasteiger charge is 2.54. The molecule has 2 fully saturated rings. The molecule has 1 aromatic carbocycles. The Hall–Kier alpha value is -4.31. The predicted molar refractivity (Wildman–Crippen MR) is 201 cm³/mol. The molecule has 11 atom stereocenters. The van der Waals surface area contributed by atoms with Crippen LogP contribution < -0.4 is 27.0 Å². The van der Waals surface area contributed by atoms with Crippen LogP contribution in [0, 0.1) is 16.0 Å². The minimum Gasteiger partial charge on any atom is -0.491 e. The number of alkyl carbamates (subject to hydrolysis) is 3. The fourth-order valence-corrected chi connectivity index (χ4v) is 7.07. The largest absolute Gasteiger partial charge is 0.491 e. The number of nitro groups is 1. The molecule has 0 spiro atoms. The molecule has 1 aromatic rings. The zero-order valence-electron chi connectivity index (χ0n) is 33.6. The topological polar surface area (TPSA) is 285 Å². The van der Waals surface area contributed by atoms with Gasteiger partial charge in [0.15, 0.2) is 6.29 Å². The summed E-state index contributed by atoms with van der Waals surface area (Å²) >= 11 is 0. The van der Waals surface area contributed by atoms with Crippen molar-refractivity contribution in [3.8, 4) is 0 Å². The van der Waals surface area contributed by atoms with E-state index in [0.29, 0.717) is 5.56 Å². The molecule has 0 bridgehead atoms. The van der Waals surface area contributed by atoms with Crippen molar-refractivity contribution in [3.05, 3.63) is 51.8 Å². The van der Waals surface area contributed by atoms with Crippen LogP contribution in [0.25, 0.3) is 0 Å².